The Bertz CT molecular complexity index is 1000. The van der Waals surface area contributed by atoms with Crippen LogP contribution in [0.25, 0.3) is 0 Å². The van der Waals surface area contributed by atoms with Crippen LogP contribution in [0.15, 0.2) is 66.1 Å². The molecule has 2 aromatic carbocycles. The summed E-state index contributed by atoms with van der Waals surface area (Å²) in [5, 5.41) is 16.0. The van der Waals surface area contributed by atoms with E-state index in [9.17, 15) is 24.5 Å². The Morgan fingerprint density at radius 2 is 1.83 bits per heavy atom. The minimum absolute atomic E-state index is 0.0507. The molecule has 0 saturated carbocycles. The average molecular weight is 397 g/mol. The van der Waals surface area contributed by atoms with Gasteiger partial charge in [-0.3, -0.25) is 19.7 Å². The summed E-state index contributed by atoms with van der Waals surface area (Å²) in [6.45, 7) is -1.00. The van der Waals surface area contributed by atoms with Crippen LogP contribution >= 0.6 is 0 Å². The first-order chi connectivity index (χ1) is 13.9. The number of Topliss-reactive ketones (excluding diaryl/α,β-unsaturated/α-hetero) is 1. The molecular weight excluding hydrogens is 382 g/mol. The summed E-state index contributed by atoms with van der Waals surface area (Å²) < 4.78 is 10.1. The Balaban J connectivity index is 1.62. The van der Waals surface area contributed by atoms with Gasteiger partial charge in [0.25, 0.3) is 11.6 Å². The molecule has 1 amide bonds. The standard InChI is InChI=1S/C19H15N3O7/c23-15-10-28-18(21-12-5-2-1-3-6-12)17(15)19(25)29-11-16(24)20-13-7-4-8-14(9-13)22(26)27/h1-9,21H,10-11H2,(H,20,24). The summed E-state index contributed by atoms with van der Waals surface area (Å²) in [5.41, 5.74) is 0.254. The number of ether oxygens (including phenoxy) is 2. The van der Waals surface area contributed by atoms with Gasteiger partial charge in [-0.05, 0) is 18.2 Å². The Morgan fingerprint density at radius 1 is 1.10 bits per heavy atom. The van der Waals surface area contributed by atoms with Crippen LogP contribution in [-0.4, -0.2) is 35.8 Å². The van der Waals surface area contributed by atoms with Crippen molar-refractivity contribution in [3.05, 3.63) is 76.2 Å². The summed E-state index contributed by atoms with van der Waals surface area (Å²) in [4.78, 5) is 46.4. The molecule has 2 N–H and O–H groups in total. The maximum atomic E-state index is 12.3. The number of nitro benzene ring substituents is 1. The molecule has 0 radical (unpaired) electrons. The molecule has 0 atom stereocenters. The van der Waals surface area contributed by atoms with E-state index in [1.165, 1.54) is 24.3 Å². The maximum Gasteiger partial charge on any atom is 0.347 e. The van der Waals surface area contributed by atoms with E-state index in [1.807, 2.05) is 0 Å². The van der Waals surface area contributed by atoms with Crippen molar-refractivity contribution in [2.75, 3.05) is 23.8 Å². The molecular formula is C19H15N3O7. The van der Waals surface area contributed by atoms with Gasteiger partial charge in [-0.15, -0.1) is 0 Å². The second-order valence-electron chi connectivity index (χ2n) is 5.84. The van der Waals surface area contributed by atoms with Gasteiger partial charge in [0.15, 0.2) is 18.8 Å². The zero-order valence-corrected chi connectivity index (χ0v) is 14.9. The monoisotopic (exact) mass is 397 g/mol. The lowest BCUT2D eigenvalue weighted by molar-refractivity contribution is -0.384. The molecule has 1 aliphatic heterocycles. The van der Waals surface area contributed by atoms with Crippen molar-refractivity contribution < 1.29 is 28.8 Å². The van der Waals surface area contributed by atoms with Crippen LogP contribution in [0.3, 0.4) is 0 Å². The average Bonchev–Trinajstić information content (AvgIpc) is 3.07. The number of non-ortho nitro benzene ring substituents is 1. The molecule has 0 saturated heterocycles. The third-order valence-corrected chi connectivity index (χ3v) is 3.76. The van der Waals surface area contributed by atoms with Gasteiger partial charge in [-0.2, -0.15) is 0 Å². The minimum atomic E-state index is -1.01. The Kier molecular flexibility index (Phi) is 5.83. The molecule has 3 rings (SSSR count). The number of nitrogens with zero attached hydrogens (tertiary/aromatic N) is 1. The van der Waals surface area contributed by atoms with Gasteiger partial charge in [0.05, 0.1) is 4.92 Å². The van der Waals surface area contributed by atoms with Gasteiger partial charge in [0.2, 0.25) is 11.7 Å². The normalized spacial score (nSPS) is 12.9. The van der Waals surface area contributed by atoms with Crippen molar-refractivity contribution in [3.63, 3.8) is 0 Å². The van der Waals surface area contributed by atoms with Gasteiger partial charge >= 0.3 is 5.97 Å². The number of rotatable bonds is 7. The molecule has 29 heavy (non-hydrogen) atoms. The molecule has 10 nitrogen and oxygen atoms in total. The molecule has 2 aromatic rings. The van der Waals surface area contributed by atoms with Crippen LogP contribution in [0.5, 0.6) is 0 Å². The van der Waals surface area contributed by atoms with Crippen LogP contribution in [0, 0.1) is 10.1 Å². The number of anilines is 2. The van der Waals surface area contributed by atoms with E-state index >= 15 is 0 Å². The lowest BCUT2D eigenvalue weighted by Crippen LogP contribution is -2.24. The highest BCUT2D eigenvalue weighted by atomic mass is 16.6. The fraction of sp³-hybridized carbons (Fsp3) is 0.105. The summed E-state index contributed by atoms with van der Waals surface area (Å²) in [7, 11) is 0. The number of amides is 1. The number of ketones is 1. The number of hydrogen-bond acceptors (Lipinski definition) is 8. The molecule has 1 heterocycles. The van der Waals surface area contributed by atoms with Crippen LogP contribution < -0.4 is 10.6 Å². The van der Waals surface area contributed by atoms with Crippen molar-refractivity contribution in [2.24, 2.45) is 0 Å². The first kappa shape index (κ1) is 19.5. The van der Waals surface area contributed by atoms with Crippen LogP contribution in [0.2, 0.25) is 0 Å². The van der Waals surface area contributed by atoms with E-state index in [0.717, 1.165) is 0 Å². The molecule has 148 valence electrons. The maximum absolute atomic E-state index is 12.3. The topological polar surface area (TPSA) is 137 Å². The van der Waals surface area contributed by atoms with E-state index in [-0.39, 0.29) is 29.4 Å². The molecule has 0 bridgehead atoms. The summed E-state index contributed by atoms with van der Waals surface area (Å²) >= 11 is 0. The summed E-state index contributed by atoms with van der Waals surface area (Å²) in [6.07, 6.45) is 0. The molecule has 0 aliphatic carbocycles. The third-order valence-electron chi connectivity index (χ3n) is 3.76. The number of esters is 1. The van der Waals surface area contributed by atoms with Gasteiger partial charge < -0.3 is 20.1 Å². The first-order valence-electron chi connectivity index (χ1n) is 8.38. The van der Waals surface area contributed by atoms with Gasteiger partial charge in [-0.1, -0.05) is 24.3 Å². The Hall–Kier alpha value is -4.21. The fourth-order valence-corrected chi connectivity index (χ4v) is 2.46. The predicted molar refractivity (Wildman–Crippen MR) is 101 cm³/mol. The zero-order valence-electron chi connectivity index (χ0n) is 14.9. The van der Waals surface area contributed by atoms with Gasteiger partial charge in [0.1, 0.15) is 0 Å². The third kappa shape index (κ3) is 4.95. The van der Waals surface area contributed by atoms with E-state index in [0.29, 0.717) is 5.69 Å². The fourth-order valence-electron chi connectivity index (χ4n) is 2.46. The molecule has 0 aromatic heterocycles. The van der Waals surface area contributed by atoms with Crippen molar-refractivity contribution in [1.82, 2.24) is 0 Å². The number of nitro groups is 1. The Labute approximate surface area is 164 Å². The van der Waals surface area contributed by atoms with Crippen molar-refractivity contribution in [2.45, 2.75) is 0 Å². The quantitative estimate of drug-likeness (QED) is 0.313. The van der Waals surface area contributed by atoms with Crippen molar-refractivity contribution >= 4 is 34.7 Å². The van der Waals surface area contributed by atoms with Gasteiger partial charge in [0, 0.05) is 23.5 Å². The number of para-hydroxylation sites is 1. The lowest BCUT2D eigenvalue weighted by Gasteiger charge is -2.09. The predicted octanol–water partition coefficient (Wildman–Crippen LogP) is 2.00. The summed E-state index contributed by atoms with van der Waals surface area (Å²) in [5.74, 6) is -2.36. The van der Waals surface area contributed by atoms with Crippen LogP contribution in [0.1, 0.15) is 0 Å². The highest BCUT2D eigenvalue weighted by Gasteiger charge is 2.32. The number of hydrogen-bond donors (Lipinski definition) is 2. The molecule has 1 aliphatic rings. The molecule has 0 spiro atoms. The zero-order chi connectivity index (χ0) is 20.8. The highest BCUT2D eigenvalue weighted by Crippen LogP contribution is 2.21. The van der Waals surface area contributed by atoms with Crippen molar-refractivity contribution in [3.8, 4) is 0 Å². The Morgan fingerprint density at radius 3 is 2.55 bits per heavy atom. The number of carbonyl (C=O) groups is 3. The van der Waals surface area contributed by atoms with E-state index in [4.69, 9.17) is 9.47 Å². The minimum Gasteiger partial charge on any atom is -0.470 e. The summed E-state index contributed by atoms with van der Waals surface area (Å²) in [6, 6.07) is 14.0. The molecule has 0 fully saturated rings. The smallest absolute Gasteiger partial charge is 0.347 e. The molecule has 0 unspecified atom stereocenters. The lowest BCUT2D eigenvalue weighted by atomic mass is 10.2. The highest BCUT2D eigenvalue weighted by molar-refractivity contribution is 6.20. The molecule has 10 heteroatoms. The second kappa shape index (κ2) is 8.65. The van der Waals surface area contributed by atoms with E-state index in [2.05, 4.69) is 10.6 Å². The number of carbonyl (C=O) groups excluding carboxylic acids is 3. The number of nitrogens with one attached hydrogen (secondary N) is 2. The SMILES string of the molecule is O=C(COC(=O)C1=C(Nc2ccccc2)OCC1=O)Nc1cccc([N+](=O)[O-])c1. The second-order valence-corrected chi connectivity index (χ2v) is 5.84. The van der Waals surface area contributed by atoms with Crippen molar-refractivity contribution in [1.29, 1.82) is 0 Å². The van der Waals surface area contributed by atoms with E-state index < -0.39 is 29.2 Å². The van der Waals surface area contributed by atoms with E-state index in [1.54, 1.807) is 30.3 Å². The largest absolute Gasteiger partial charge is 0.470 e. The number of benzene rings is 2. The van der Waals surface area contributed by atoms with Crippen LogP contribution in [0.4, 0.5) is 17.1 Å². The van der Waals surface area contributed by atoms with Gasteiger partial charge in [-0.25, -0.2) is 4.79 Å². The van der Waals surface area contributed by atoms with Crippen LogP contribution in [-0.2, 0) is 23.9 Å². The first-order valence-corrected chi connectivity index (χ1v) is 8.38.